The average molecular weight is 257 g/mol. The van der Waals surface area contributed by atoms with Gasteiger partial charge < -0.3 is 10.7 Å². The minimum absolute atomic E-state index is 0.0198. The molecule has 17 heavy (non-hydrogen) atoms. The Morgan fingerprint density at radius 3 is 2.82 bits per heavy atom. The van der Waals surface area contributed by atoms with Crippen molar-refractivity contribution < 1.29 is 8.42 Å². The van der Waals surface area contributed by atoms with Crippen molar-refractivity contribution in [2.75, 3.05) is 6.54 Å². The van der Waals surface area contributed by atoms with Gasteiger partial charge in [0.15, 0.2) is 0 Å². The molecule has 0 spiro atoms. The van der Waals surface area contributed by atoms with Crippen molar-refractivity contribution >= 4 is 10.0 Å². The van der Waals surface area contributed by atoms with Gasteiger partial charge in [0.1, 0.15) is 0 Å². The monoisotopic (exact) mass is 257 g/mol. The Labute approximate surface area is 102 Å². The fraction of sp³-hybridized carbons (Fsp3) is 0.636. The predicted molar refractivity (Wildman–Crippen MR) is 65.9 cm³/mol. The number of aromatic amines is 1. The number of nitrogens with one attached hydrogen (secondary N) is 2. The number of sulfonamides is 1. The first kappa shape index (κ1) is 12.6. The summed E-state index contributed by atoms with van der Waals surface area (Å²) in [5, 5.41) is 0. The molecule has 4 N–H and O–H groups in total. The molecule has 1 aliphatic rings. The van der Waals surface area contributed by atoms with Crippen molar-refractivity contribution in [3.05, 3.63) is 18.5 Å². The lowest BCUT2D eigenvalue weighted by Crippen LogP contribution is -2.44. The van der Waals surface area contributed by atoms with Gasteiger partial charge in [-0.2, -0.15) is 0 Å². The van der Waals surface area contributed by atoms with E-state index in [9.17, 15) is 8.42 Å². The molecular formula is C11H19N3O2S. The van der Waals surface area contributed by atoms with Gasteiger partial charge in [-0.1, -0.05) is 12.8 Å². The van der Waals surface area contributed by atoms with Gasteiger partial charge in [0, 0.05) is 18.4 Å². The van der Waals surface area contributed by atoms with E-state index in [2.05, 4.69) is 9.71 Å². The van der Waals surface area contributed by atoms with Crippen LogP contribution in [0.2, 0.25) is 0 Å². The maximum absolute atomic E-state index is 12.1. The largest absolute Gasteiger partial charge is 0.366 e. The first-order chi connectivity index (χ1) is 8.13. The quantitative estimate of drug-likeness (QED) is 0.746. The maximum Gasteiger partial charge on any atom is 0.242 e. The minimum Gasteiger partial charge on any atom is -0.366 e. The number of hydrogen-bond donors (Lipinski definition) is 3. The van der Waals surface area contributed by atoms with Gasteiger partial charge in [-0.05, 0) is 31.4 Å². The van der Waals surface area contributed by atoms with Crippen molar-refractivity contribution in [2.24, 2.45) is 11.7 Å². The Morgan fingerprint density at radius 1 is 1.41 bits per heavy atom. The van der Waals surface area contributed by atoms with E-state index in [1.165, 1.54) is 6.20 Å². The highest BCUT2D eigenvalue weighted by Crippen LogP contribution is 2.25. The van der Waals surface area contributed by atoms with Crippen molar-refractivity contribution in [3.63, 3.8) is 0 Å². The van der Waals surface area contributed by atoms with E-state index >= 15 is 0 Å². The lowest BCUT2D eigenvalue weighted by atomic mass is 9.85. The second-order valence-electron chi connectivity index (χ2n) is 4.55. The molecule has 1 aromatic heterocycles. The summed E-state index contributed by atoms with van der Waals surface area (Å²) in [5.41, 5.74) is 5.69. The molecule has 0 amide bonds. The van der Waals surface area contributed by atoms with Crippen LogP contribution in [0.4, 0.5) is 0 Å². The van der Waals surface area contributed by atoms with Gasteiger partial charge in [0.25, 0.3) is 0 Å². The van der Waals surface area contributed by atoms with Gasteiger partial charge in [-0.25, -0.2) is 13.1 Å². The van der Waals surface area contributed by atoms with Gasteiger partial charge >= 0.3 is 0 Å². The van der Waals surface area contributed by atoms with Crippen LogP contribution >= 0.6 is 0 Å². The van der Waals surface area contributed by atoms with Crippen molar-refractivity contribution in [2.45, 2.75) is 36.6 Å². The van der Waals surface area contributed by atoms with Crippen LogP contribution < -0.4 is 10.5 Å². The zero-order chi connectivity index (χ0) is 12.3. The van der Waals surface area contributed by atoms with E-state index in [1.807, 2.05) is 0 Å². The molecule has 0 saturated heterocycles. The fourth-order valence-electron chi connectivity index (χ4n) is 2.39. The van der Waals surface area contributed by atoms with E-state index in [0.29, 0.717) is 11.4 Å². The Bertz CT molecular complexity index is 441. The summed E-state index contributed by atoms with van der Waals surface area (Å²) < 4.78 is 26.9. The van der Waals surface area contributed by atoms with Gasteiger partial charge in [-0.15, -0.1) is 0 Å². The van der Waals surface area contributed by atoms with Crippen LogP contribution in [0.25, 0.3) is 0 Å². The predicted octanol–water partition coefficient (Wildman–Crippen LogP) is 0.810. The molecule has 0 bridgehead atoms. The molecule has 6 heteroatoms. The highest BCUT2D eigenvalue weighted by molar-refractivity contribution is 7.89. The summed E-state index contributed by atoms with van der Waals surface area (Å²) in [6.45, 7) is 0.542. The van der Waals surface area contributed by atoms with Crippen LogP contribution in [0.1, 0.15) is 25.7 Å². The van der Waals surface area contributed by atoms with E-state index in [1.54, 1.807) is 12.3 Å². The molecule has 0 aromatic carbocycles. The Kier molecular flexibility index (Phi) is 3.86. The molecule has 1 aromatic rings. The molecule has 1 fully saturated rings. The Morgan fingerprint density at radius 2 is 2.18 bits per heavy atom. The first-order valence-electron chi connectivity index (χ1n) is 5.98. The molecule has 2 atom stereocenters. The zero-order valence-electron chi connectivity index (χ0n) is 9.72. The van der Waals surface area contributed by atoms with E-state index < -0.39 is 10.0 Å². The summed E-state index contributed by atoms with van der Waals surface area (Å²) in [7, 11) is -3.40. The summed E-state index contributed by atoms with van der Waals surface area (Å²) in [5.74, 6) is 0.262. The molecular weight excluding hydrogens is 238 g/mol. The highest BCUT2D eigenvalue weighted by Gasteiger charge is 2.28. The molecule has 5 nitrogen and oxygen atoms in total. The third-order valence-corrected chi connectivity index (χ3v) is 4.89. The molecule has 2 rings (SSSR count). The van der Waals surface area contributed by atoms with Gasteiger partial charge in [0.2, 0.25) is 10.0 Å². The third-order valence-electron chi connectivity index (χ3n) is 3.40. The second-order valence-corrected chi connectivity index (χ2v) is 6.27. The van der Waals surface area contributed by atoms with E-state index in [4.69, 9.17) is 5.73 Å². The molecule has 0 radical (unpaired) electrons. The van der Waals surface area contributed by atoms with Crippen molar-refractivity contribution in [1.82, 2.24) is 9.71 Å². The summed E-state index contributed by atoms with van der Waals surface area (Å²) in [6.07, 6.45) is 7.20. The number of aromatic nitrogens is 1. The molecule has 2 unspecified atom stereocenters. The molecule has 1 saturated carbocycles. The highest BCUT2D eigenvalue weighted by atomic mass is 32.2. The normalized spacial score (nSPS) is 25.9. The van der Waals surface area contributed by atoms with Crippen LogP contribution in [0, 0.1) is 5.92 Å². The fourth-order valence-corrected chi connectivity index (χ4v) is 3.70. The molecule has 96 valence electrons. The minimum atomic E-state index is -3.40. The number of nitrogens with two attached hydrogens (primary N) is 1. The summed E-state index contributed by atoms with van der Waals surface area (Å²) in [4.78, 5) is 3.05. The summed E-state index contributed by atoms with van der Waals surface area (Å²) >= 11 is 0. The third kappa shape index (κ3) is 2.88. The average Bonchev–Trinajstić information content (AvgIpc) is 2.83. The van der Waals surface area contributed by atoms with Gasteiger partial charge in [-0.3, -0.25) is 0 Å². The van der Waals surface area contributed by atoms with Crippen LogP contribution in [0.5, 0.6) is 0 Å². The number of hydrogen-bond acceptors (Lipinski definition) is 3. The first-order valence-corrected chi connectivity index (χ1v) is 7.47. The second kappa shape index (κ2) is 5.20. The van der Waals surface area contributed by atoms with Gasteiger partial charge in [0.05, 0.1) is 4.90 Å². The Hall–Kier alpha value is -0.850. The zero-order valence-corrected chi connectivity index (χ0v) is 10.5. The van der Waals surface area contributed by atoms with E-state index in [-0.39, 0.29) is 12.0 Å². The topological polar surface area (TPSA) is 88.0 Å². The van der Waals surface area contributed by atoms with Crippen LogP contribution in [0.3, 0.4) is 0 Å². The molecule has 1 aliphatic carbocycles. The SMILES string of the molecule is NCC1CCCCC1NS(=O)(=O)c1cc[nH]c1. The lowest BCUT2D eigenvalue weighted by Gasteiger charge is -2.30. The van der Waals surface area contributed by atoms with Crippen LogP contribution in [0.15, 0.2) is 23.4 Å². The maximum atomic E-state index is 12.1. The standard InChI is InChI=1S/C11H19N3O2S/c12-7-9-3-1-2-4-11(9)14-17(15,16)10-5-6-13-8-10/h5-6,8-9,11,13-14H,1-4,7,12H2. The number of H-pyrrole nitrogens is 1. The van der Waals surface area contributed by atoms with Crippen LogP contribution in [-0.2, 0) is 10.0 Å². The summed E-state index contributed by atoms with van der Waals surface area (Å²) in [6, 6.07) is 1.54. The molecule has 1 heterocycles. The van der Waals surface area contributed by atoms with Crippen molar-refractivity contribution in [3.8, 4) is 0 Å². The smallest absolute Gasteiger partial charge is 0.242 e. The van der Waals surface area contributed by atoms with Crippen molar-refractivity contribution in [1.29, 1.82) is 0 Å². The number of rotatable bonds is 4. The Balaban J connectivity index is 2.09. The molecule has 0 aliphatic heterocycles. The van der Waals surface area contributed by atoms with E-state index in [0.717, 1.165) is 25.7 Å². The van der Waals surface area contributed by atoms with Crippen LogP contribution in [-0.4, -0.2) is 26.0 Å². The lowest BCUT2D eigenvalue weighted by molar-refractivity contribution is 0.296.